The van der Waals surface area contributed by atoms with Crippen LogP contribution in [-0.4, -0.2) is 21.6 Å². The monoisotopic (exact) mass is 259 g/mol. The molecule has 1 aromatic heterocycles. The minimum atomic E-state index is 0.280. The molecule has 0 bridgehead atoms. The molecule has 0 aliphatic carbocycles. The summed E-state index contributed by atoms with van der Waals surface area (Å²) in [5.41, 5.74) is 4.53. The van der Waals surface area contributed by atoms with Crippen molar-refractivity contribution in [3.63, 3.8) is 0 Å². The van der Waals surface area contributed by atoms with Gasteiger partial charge in [0.25, 0.3) is 0 Å². The lowest BCUT2D eigenvalue weighted by Crippen LogP contribution is -2.13. The summed E-state index contributed by atoms with van der Waals surface area (Å²) >= 11 is 0. The summed E-state index contributed by atoms with van der Waals surface area (Å²) in [5.74, 6) is 6.71. The molecular weight excluding hydrogens is 242 g/mol. The molecule has 0 spiro atoms. The van der Waals surface area contributed by atoms with Crippen LogP contribution in [0, 0.1) is 6.92 Å². The Morgan fingerprint density at radius 1 is 1.26 bits per heavy atom. The Morgan fingerprint density at radius 2 is 2.00 bits per heavy atom. The zero-order valence-corrected chi connectivity index (χ0v) is 10.7. The Bertz CT molecular complexity index is 541. The summed E-state index contributed by atoms with van der Waals surface area (Å²) in [7, 11) is 0. The number of aryl methyl sites for hydroxylation is 1. The minimum Gasteiger partial charge on any atom is -0.508 e. The van der Waals surface area contributed by atoms with Crippen LogP contribution >= 0.6 is 0 Å². The zero-order valence-electron chi connectivity index (χ0n) is 10.7. The van der Waals surface area contributed by atoms with Crippen molar-refractivity contribution in [2.45, 2.75) is 13.3 Å². The summed E-state index contributed by atoms with van der Waals surface area (Å²) < 4.78 is 0. The normalized spacial score (nSPS) is 10.2. The fraction of sp³-hybridized carbons (Fsp3) is 0.231. The number of phenols is 1. The third kappa shape index (κ3) is 3.56. The number of aromatic hydroxyl groups is 1. The van der Waals surface area contributed by atoms with Gasteiger partial charge in [-0.1, -0.05) is 12.1 Å². The molecule has 0 aliphatic heterocycles. The lowest BCUT2D eigenvalue weighted by molar-refractivity contribution is 0.475. The van der Waals surface area contributed by atoms with Crippen LogP contribution in [0.25, 0.3) is 0 Å². The molecule has 0 aliphatic rings. The van der Waals surface area contributed by atoms with Gasteiger partial charge in [-0.25, -0.2) is 10.8 Å². The van der Waals surface area contributed by atoms with Gasteiger partial charge < -0.3 is 10.4 Å². The molecule has 0 saturated carbocycles. The summed E-state index contributed by atoms with van der Waals surface area (Å²) in [6.45, 7) is 2.68. The maximum Gasteiger partial charge on any atom is 0.239 e. The molecule has 1 aromatic carbocycles. The van der Waals surface area contributed by atoms with Crippen molar-refractivity contribution in [2.24, 2.45) is 5.84 Å². The summed E-state index contributed by atoms with van der Waals surface area (Å²) in [6, 6.07) is 7.16. The summed E-state index contributed by atoms with van der Waals surface area (Å²) in [5, 5.41) is 12.4. The first-order valence-corrected chi connectivity index (χ1v) is 6.01. The van der Waals surface area contributed by atoms with E-state index in [-0.39, 0.29) is 5.75 Å². The van der Waals surface area contributed by atoms with Crippen molar-refractivity contribution < 1.29 is 5.11 Å². The maximum absolute atomic E-state index is 9.20. The van der Waals surface area contributed by atoms with Crippen LogP contribution < -0.4 is 16.6 Å². The number of anilines is 2. The van der Waals surface area contributed by atoms with E-state index in [2.05, 4.69) is 20.7 Å². The lowest BCUT2D eigenvalue weighted by atomic mass is 10.1. The molecule has 0 radical (unpaired) electrons. The topological polar surface area (TPSA) is 96.1 Å². The Kier molecular flexibility index (Phi) is 4.15. The number of rotatable bonds is 5. The average Bonchev–Trinajstić information content (AvgIpc) is 2.43. The van der Waals surface area contributed by atoms with Gasteiger partial charge >= 0.3 is 0 Å². The highest BCUT2D eigenvalue weighted by atomic mass is 16.3. The lowest BCUT2D eigenvalue weighted by Gasteiger charge is -2.09. The molecule has 0 atom stereocenters. The van der Waals surface area contributed by atoms with Gasteiger partial charge in [-0.15, -0.1) is 0 Å². The van der Waals surface area contributed by atoms with Crippen molar-refractivity contribution >= 4 is 11.8 Å². The van der Waals surface area contributed by atoms with Crippen molar-refractivity contribution in [1.29, 1.82) is 0 Å². The van der Waals surface area contributed by atoms with Gasteiger partial charge in [0, 0.05) is 18.3 Å². The number of nitrogens with two attached hydrogens (primary N) is 1. The van der Waals surface area contributed by atoms with E-state index in [9.17, 15) is 5.11 Å². The van der Waals surface area contributed by atoms with Gasteiger partial charge in [0.2, 0.25) is 5.95 Å². The highest BCUT2D eigenvalue weighted by Crippen LogP contribution is 2.13. The summed E-state index contributed by atoms with van der Waals surface area (Å²) in [4.78, 5) is 8.26. The second-order valence-electron chi connectivity index (χ2n) is 4.21. The Labute approximate surface area is 111 Å². The molecule has 5 N–H and O–H groups in total. The van der Waals surface area contributed by atoms with Crippen molar-refractivity contribution in [2.75, 3.05) is 17.3 Å². The van der Waals surface area contributed by atoms with Crippen LogP contribution in [0.15, 0.2) is 30.5 Å². The second kappa shape index (κ2) is 6.01. The van der Waals surface area contributed by atoms with Gasteiger partial charge in [-0.2, -0.15) is 4.98 Å². The highest BCUT2D eigenvalue weighted by Gasteiger charge is 2.02. The molecule has 19 heavy (non-hydrogen) atoms. The van der Waals surface area contributed by atoms with Gasteiger partial charge in [0.05, 0.1) is 0 Å². The Morgan fingerprint density at radius 3 is 2.68 bits per heavy atom. The fourth-order valence-electron chi connectivity index (χ4n) is 1.68. The van der Waals surface area contributed by atoms with Crippen molar-refractivity contribution in [3.05, 3.63) is 41.6 Å². The molecule has 0 amide bonds. The van der Waals surface area contributed by atoms with E-state index >= 15 is 0 Å². The minimum absolute atomic E-state index is 0.280. The Balaban J connectivity index is 1.93. The van der Waals surface area contributed by atoms with E-state index < -0.39 is 0 Å². The zero-order chi connectivity index (χ0) is 13.7. The molecule has 100 valence electrons. The number of phenolic OH excluding ortho intramolecular Hbond substituents is 1. The van der Waals surface area contributed by atoms with Crippen molar-refractivity contribution in [1.82, 2.24) is 9.97 Å². The molecule has 0 unspecified atom stereocenters. The quantitative estimate of drug-likeness (QED) is 0.479. The van der Waals surface area contributed by atoms with Crippen molar-refractivity contribution in [3.8, 4) is 5.75 Å². The fourth-order valence-corrected chi connectivity index (χ4v) is 1.68. The number of nitrogens with one attached hydrogen (secondary N) is 2. The number of benzene rings is 1. The predicted octanol–water partition coefficient (Wildman–Crippen LogP) is 1.43. The largest absolute Gasteiger partial charge is 0.508 e. The van der Waals surface area contributed by atoms with E-state index in [1.54, 1.807) is 18.3 Å². The third-order valence-electron chi connectivity index (χ3n) is 2.74. The van der Waals surface area contributed by atoms with Crippen LogP contribution in [0.4, 0.5) is 11.8 Å². The predicted molar refractivity (Wildman–Crippen MR) is 74.9 cm³/mol. The number of nitrogens with zero attached hydrogens (tertiary/aromatic N) is 2. The van der Waals surface area contributed by atoms with E-state index in [4.69, 9.17) is 5.84 Å². The SMILES string of the molecule is Cc1cnc(NN)nc1NCCc1ccc(O)cc1. The van der Waals surface area contributed by atoms with Gasteiger partial charge in [0.1, 0.15) is 11.6 Å². The van der Waals surface area contributed by atoms with Crippen LogP contribution in [0.1, 0.15) is 11.1 Å². The maximum atomic E-state index is 9.20. The molecule has 2 rings (SSSR count). The molecule has 1 heterocycles. The summed E-state index contributed by atoms with van der Waals surface area (Å²) in [6.07, 6.45) is 2.56. The molecule has 6 nitrogen and oxygen atoms in total. The van der Waals surface area contributed by atoms with Gasteiger partial charge in [-0.05, 0) is 31.0 Å². The number of hydrazine groups is 1. The first-order chi connectivity index (χ1) is 9.19. The molecule has 2 aromatic rings. The number of hydrogen-bond donors (Lipinski definition) is 4. The Hall–Kier alpha value is -2.34. The molecular formula is C13H17N5O. The first kappa shape index (κ1) is 13.1. The van der Waals surface area contributed by atoms with Crippen LogP contribution in [0.3, 0.4) is 0 Å². The van der Waals surface area contributed by atoms with E-state index in [0.717, 1.165) is 29.9 Å². The van der Waals surface area contributed by atoms with Crippen LogP contribution in [-0.2, 0) is 6.42 Å². The van der Waals surface area contributed by atoms with E-state index in [1.165, 1.54) is 0 Å². The average molecular weight is 259 g/mol. The molecule has 0 fully saturated rings. The standard InChI is InChI=1S/C13H17N5O/c1-9-8-16-13(18-14)17-12(9)15-7-6-10-2-4-11(19)5-3-10/h2-5,8,19H,6-7,14H2,1H3,(H2,15,16,17,18). The second-order valence-corrected chi connectivity index (χ2v) is 4.21. The van der Waals surface area contributed by atoms with Crippen LogP contribution in [0.2, 0.25) is 0 Å². The third-order valence-corrected chi connectivity index (χ3v) is 2.74. The van der Waals surface area contributed by atoms with Crippen LogP contribution in [0.5, 0.6) is 5.75 Å². The number of nitrogen functional groups attached to an aromatic ring is 1. The highest BCUT2D eigenvalue weighted by molar-refractivity contribution is 5.46. The molecule has 6 heteroatoms. The molecule has 0 saturated heterocycles. The first-order valence-electron chi connectivity index (χ1n) is 6.01. The van der Waals surface area contributed by atoms with Gasteiger partial charge in [-0.3, -0.25) is 5.43 Å². The number of hydrogen-bond acceptors (Lipinski definition) is 6. The van der Waals surface area contributed by atoms with E-state index in [1.807, 2.05) is 19.1 Å². The smallest absolute Gasteiger partial charge is 0.239 e. The van der Waals surface area contributed by atoms with E-state index in [0.29, 0.717) is 5.95 Å². The number of aromatic nitrogens is 2. The van der Waals surface area contributed by atoms with Gasteiger partial charge in [0.15, 0.2) is 0 Å².